The van der Waals surface area contributed by atoms with Crippen LogP contribution in [-0.2, 0) is 5.41 Å². The highest BCUT2D eigenvalue weighted by Gasteiger charge is 2.32. The summed E-state index contributed by atoms with van der Waals surface area (Å²) < 4.78 is 149. The fourth-order valence-corrected chi connectivity index (χ4v) is 10.9. The number of aromatic nitrogens is 2. The minimum absolute atomic E-state index is 0.00349. The van der Waals surface area contributed by atoms with Crippen LogP contribution in [0.15, 0.2) is 248 Å². The second-order valence-corrected chi connectivity index (χ2v) is 22.1. The van der Waals surface area contributed by atoms with Crippen molar-refractivity contribution in [1.29, 1.82) is 0 Å². The third-order valence-corrected chi connectivity index (χ3v) is 15.1. The van der Waals surface area contributed by atoms with Gasteiger partial charge in [-0.25, -0.2) is 4.98 Å². The van der Waals surface area contributed by atoms with Crippen LogP contribution in [-0.4, -0.2) is 16.2 Å². The van der Waals surface area contributed by atoms with Crippen molar-refractivity contribution < 1.29 is 30.0 Å². The lowest BCUT2D eigenvalue weighted by molar-refractivity contribution is 0.479. The molecule has 13 rings (SSSR count). The van der Waals surface area contributed by atoms with Gasteiger partial charge < -0.3 is 19.3 Å². The molecule has 6 nitrogen and oxygen atoms in total. The van der Waals surface area contributed by atoms with Crippen molar-refractivity contribution in [1.82, 2.24) is 9.55 Å². The molecular weight excluding hydrogens is 1000 g/mol. The number of fused-ring (bicyclic) bond motifs is 4. The second kappa shape index (κ2) is 21.4. The highest BCUT2D eigenvalue weighted by atomic mass is 16.5. The van der Waals surface area contributed by atoms with Gasteiger partial charge in [0, 0.05) is 63.1 Å². The monoisotopic (exact) mass is 1080 g/mol. The van der Waals surface area contributed by atoms with Crippen LogP contribution >= 0.6 is 0 Å². The van der Waals surface area contributed by atoms with Crippen molar-refractivity contribution >= 4 is 44.6 Å². The van der Waals surface area contributed by atoms with Gasteiger partial charge in [0.05, 0.1) is 48.7 Å². The lowest BCUT2D eigenvalue weighted by Gasteiger charge is -2.28. The Balaban J connectivity index is 0.928. The van der Waals surface area contributed by atoms with E-state index in [9.17, 15) is 5.48 Å². The maximum atomic E-state index is 9.20. The zero-order chi connectivity index (χ0) is 69.1. The predicted molar refractivity (Wildman–Crippen MR) is 342 cm³/mol. The Morgan fingerprint density at radius 1 is 0.463 bits per heavy atom. The fourth-order valence-electron chi connectivity index (χ4n) is 10.9. The maximum absolute atomic E-state index is 9.20. The quantitative estimate of drug-likeness (QED) is 0.115. The summed E-state index contributed by atoms with van der Waals surface area (Å²) in [5.41, 5.74) is 8.50. The van der Waals surface area contributed by atoms with E-state index in [-0.39, 0.29) is 64.1 Å². The van der Waals surface area contributed by atoms with Crippen molar-refractivity contribution in [3.05, 3.63) is 265 Å². The molecule has 1 aliphatic heterocycles. The van der Waals surface area contributed by atoms with E-state index in [0.717, 1.165) is 44.1 Å². The topological polar surface area (TPSA) is 42.8 Å². The Labute approximate surface area is 503 Å². The maximum Gasteiger partial charge on any atom is 0.143 e. The van der Waals surface area contributed by atoms with Gasteiger partial charge >= 0.3 is 0 Å². The average Bonchev–Trinajstić information content (AvgIpc) is 1.74. The summed E-state index contributed by atoms with van der Waals surface area (Å²) in [4.78, 5) is 8.91. The Bertz CT molecular complexity index is 5050. The van der Waals surface area contributed by atoms with Crippen LogP contribution in [0.1, 0.15) is 97.6 Å². The highest BCUT2D eigenvalue weighted by Crippen LogP contribution is 2.51. The van der Waals surface area contributed by atoms with Crippen molar-refractivity contribution in [2.24, 2.45) is 0 Å². The lowest BCUT2D eigenvalue weighted by atomic mass is 9.86. The van der Waals surface area contributed by atoms with Gasteiger partial charge in [-0.05, 0) is 105 Å². The van der Waals surface area contributed by atoms with E-state index in [1.807, 2.05) is 107 Å². The number of para-hydroxylation sites is 5. The number of rotatable bonds is 13. The van der Waals surface area contributed by atoms with Crippen LogP contribution in [0, 0.1) is 0 Å². The predicted octanol–water partition coefficient (Wildman–Crippen LogP) is 21.2. The Hall–Kier alpha value is -9.65. The van der Waals surface area contributed by atoms with Crippen LogP contribution in [0.5, 0.6) is 23.0 Å². The second-order valence-electron chi connectivity index (χ2n) is 22.1. The van der Waals surface area contributed by atoms with Crippen LogP contribution < -0.4 is 19.3 Å². The van der Waals surface area contributed by atoms with E-state index >= 15 is 0 Å². The van der Waals surface area contributed by atoms with Gasteiger partial charge in [-0.2, -0.15) is 0 Å². The first-order chi connectivity index (χ1) is 46.1. The van der Waals surface area contributed by atoms with Gasteiger partial charge in [0.25, 0.3) is 0 Å². The molecule has 3 heterocycles. The molecule has 0 unspecified atom stereocenters. The molecule has 1 aliphatic rings. The number of hydrogen-bond acceptors (Lipinski definition) is 5. The molecule has 0 fully saturated rings. The average molecular weight is 1080 g/mol. The smallest absolute Gasteiger partial charge is 0.143 e. The van der Waals surface area contributed by atoms with E-state index in [2.05, 4.69) is 77.6 Å². The Kier molecular flexibility index (Phi) is 9.75. The third-order valence-electron chi connectivity index (χ3n) is 15.1. The molecule has 12 aromatic rings. The normalized spacial score (nSPS) is 15.0. The zero-order valence-electron chi connectivity index (χ0n) is 61.5. The fraction of sp³-hybridized carbons (Fsp3) is 0.145. The lowest BCUT2D eigenvalue weighted by Crippen LogP contribution is -2.25. The number of nitrogens with zero attached hydrogens (tertiary/aromatic N) is 4. The van der Waals surface area contributed by atoms with Gasteiger partial charge in [0.1, 0.15) is 35.5 Å². The molecule has 0 atom stereocenters. The largest absolute Gasteiger partial charge is 0.457 e. The zero-order valence-corrected chi connectivity index (χ0v) is 46.5. The SMILES string of the molecule is [2H]c1c([2H])c([2H])c(-c2cccc(-c3cc(C(C)C)cc(C(C)C)c3)c2Oc2ccnc(-n3c4ccccc4c4ccc(Oc5cc(N6CN(c7c(-c8c([2H])c([2H])c([2H])c([2H])c8[2H])cccc7-c7c([2H])c([2H])c([2H])c([2H])c7[2H])c7ccccc76)cc(C(C)(C)C)c5)cc43)c2)c([2H])c1[2H]. The highest BCUT2D eigenvalue weighted by molar-refractivity contribution is 6.09. The molecule has 2 aromatic heterocycles. The summed E-state index contributed by atoms with van der Waals surface area (Å²) in [5.74, 6) is 2.49. The number of pyridine rings is 1. The van der Waals surface area contributed by atoms with Gasteiger partial charge in [0.15, 0.2) is 0 Å². The van der Waals surface area contributed by atoms with Gasteiger partial charge in [-0.15, -0.1) is 0 Å². The van der Waals surface area contributed by atoms with Gasteiger partial charge in [0.2, 0.25) is 0 Å². The van der Waals surface area contributed by atoms with Crippen molar-refractivity contribution in [2.75, 3.05) is 16.5 Å². The minimum atomic E-state index is -0.580. The molecule has 0 bridgehead atoms. The van der Waals surface area contributed by atoms with E-state index in [1.165, 1.54) is 0 Å². The molecule has 0 radical (unpaired) electrons. The van der Waals surface area contributed by atoms with Crippen molar-refractivity contribution in [3.63, 3.8) is 0 Å². The molecule has 0 spiro atoms. The Morgan fingerprint density at radius 2 is 1.01 bits per heavy atom. The van der Waals surface area contributed by atoms with E-state index in [0.29, 0.717) is 57.0 Å². The summed E-state index contributed by atoms with van der Waals surface area (Å²) >= 11 is 0. The number of anilines is 4. The van der Waals surface area contributed by atoms with Crippen LogP contribution in [0.3, 0.4) is 0 Å². The van der Waals surface area contributed by atoms with Gasteiger partial charge in [-0.3, -0.25) is 4.57 Å². The summed E-state index contributed by atoms with van der Waals surface area (Å²) in [5, 5.41) is 1.84. The summed E-state index contributed by atoms with van der Waals surface area (Å²) in [7, 11) is 0. The molecule has 10 aromatic carbocycles. The summed E-state index contributed by atoms with van der Waals surface area (Å²) in [6, 6.07) is 40.3. The standard InChI is InChI=1S/C76H66N4O2/c1-50(2)55-41-56(51(3)4)43-57(42-55)66-33-22-32-65(54-27-15-10-16-28-54)75(66)82-61-39-40-77-73(48-61)80-69-34-18-17-29-67(69)68-38-37-60(47-72(68)80)81-62-45-58(76(5,6)7)44-59(46-62)78-49-79(71-36-20-19-35-70(71)78)74-63(52-23-11-8-12-24-52)30-21-31-64(74)53-25-13-9-14-26-53/h8-48,50-51H,49H2,1-7H3/i8D,9D,10D,11D,12D,13D,14D,15D,16D,23D,24D,25D,26D,27D,28D. The molecular formula is C76H66N4O2. The van der Waals surface area contributed by atoms with Crippen molar-refractivity contribution in [3.8, 4) is 73.3 Å². The molecule has 0 aliphatic carbocycles. The van der Waals surface area contributed by atoms with Gasteiger partial charge in [-0.1, -0.05) is 224 Å². The van der Waals surface area contributed by atoms with E-state index < -0.39 is 84.0 Å². The van der Waals surface area contributed by atoms with Crippen LogP contribution in [0.2, 0.25) is 0 Å². The van der Waals surface area contributed by atoms with Crippen LogP contribution in [0.25, 0.3) is 72.1 Å². The third kappa shape index (κ3) is 9.85. The number of benzene rings is 10. The molecule has 0 N–H and O–H groups in total. The van der Waals surface area contributed by atoms with Crippen molar-refractivity contribution in [2.45, 2.75) is 65.7 Å². The molecule has 402 valence electrons. The Morgan fingerprint density at radius 3 is 1.63 bits per heavy atom. The molecule has 0 saturated carbocycles. The van der Waals surface area contributed by atoms with E-state index in [4.69, 9.17) is 29.5 Å². The first kappa shape index (κ1) is 37.3. The molecule has 6 heteroatoms. The van der Waals surface area contributed by atoms with E-state index in [1.54, 1.807) is 36.5 Å². The first-order valence-electron chi connectivity index (χ1n) is 34.9. The molecule has 0 amide bonds. The van der Waals surface area contributed by atoms with Crippen LogP contribution in [0.4, 0.5) is 22.7 Å². The number of hydrogen-bond donors (Lipinski definition) is 0. The first-order valence-corrected chi connectivity index (χ1v) is 27.4. The molecule has 82 heavy (non-hydrogen) atoms. The minimum Gasteiger partial charge on any atom is -0.457 e. The summed E-state index contributed by atoms with van der Waals surface area (Å²) in [6.45, 7) is 14.9. The number of ether oxygens (including phenoxy) is 2. The summed E-state index contributed by atoms with van der Waals surface area (Å²) in [6.07, 6.45) is 1.65. The molecule has 0 saturated heterocycles.